The van der Waals surface area contributed by atoms with Crippen molar-refractivity contribution in [3.05, 3.63) is 57.9 Å². The first-order valence-electron chi connectivity index (χ1n) is 5.89. The van der Waals surface area contributed by atoms with Crippen molar-refractivity contribution in [2.24, 2.45) is 0 Å². The van der Waals surface area contributed by atoms with E-state index in [9.17, 15) is 14.5 Å². The number of nitrogen functional groups attached to an aromatic ring is 1. The Bertz CT molecular complexity index is 631. The lowest BCUT2D eigenvalue weighted by molar-refractivity contribution is -0.384. The van der Waals surface area contributed by atoms with Crippen molar-refractivity contribution in [3.8, 4) is 0 Å². The van der Waals surface area contributed by atoms with Gasteiger partial charge in [0.25, 0.3) is 5.69 Å². The minimum Gasteiger partial charge on any atom is -0.383 e. The Kier molecular flexibility index (Phi) is 3.79. The van der Waals surface area contributed by atoms with Gasteiger partial charge in [0, 0.05) is 6.04 Å². The molecule has 6 nitrogen and oxygen atoms in total. The molecule has 1 unspecified atom stereocenters. The van der Waals surface area contributed by atoms with Crippen molar-refractivity contribution >= 4 is 17.3 Å². The molecule has 1 heterocycles. The Morgan fingerprint density at radius 3 is 2.60 bits per heavy atom. The second-order valence-corrected chi connectivity index (χ2v) is 4.31. The SMILES string of the molecule is CC(Nc1cc([N+](=O)[O-])cc(N)n1)c1ccc(F)cc1. The number of nitrogens with zero attached hydrogens (tertiary/aromatic N) is 2. The quantitative estimate of drug-likeness (QED) is 0.661. The molecule has 20 heavy (non-hydrogen) atoms. The van der Waals surface area contributed by atoms with Crippen molar-refractivity contribution < 1.29 is 9.31 Å². The maximum atomic E-state index is 12.8. The van der Waals surface area contributed by atoms with Crippen molar-refractivity contribution in [1.82, 2.24) is 4.98 Å². The van der Waals surface area contributed by atoms with E-state index in [0.29, 0.717) is 5.82 Å². The summed E-state index contributed by atoms with van der Waals surface area (Å²) in [7, 11) is 0. The standard InChI is InChI=1S/C13H13FN4O2/c1-8(9-2-4-10(14)5-3-9)16-13-7-11(18(19)20)6-12(15)17-13/h2-8H,1H3,(H3,15,16,17). The maximum Gasteiger partial charge on any atom is 0.276 e. The van der Waals surface area contributed by atoms with Gasteiger partial charge in [-0.15, -0.1) is 0 Å². The Morgan fingerprint density at radius 1 is 1.35 bits per heavy atom. The van der Waals surface area contributed by atoms with Crippen molar-refractivity contribution in [2.45, 2.75) is 13.0 Å². The number of hydrogen-bond donors (Lipinski definition) is 2. The van der Waals surface area contributed by atoms with Crippen molar-refractivity contribution in [2.75, 3.05) is 11.1 Å². The largest absolute Gasteiger partial charge is 0.383 e. The summed E-state index contributed by atoms with van der Waals surface area (Å²) in [5.41, 5.74) is 6.23. The lowest BCUT2D eigenvalue weighted by atomic mass is 10.1. The Balaban J connectivity index is 2.21. The molecule has 3 N–H and O–H groups in total. The fourth-order valence-corrected chi connectivity index (χ4v) is 1.77. The van der Waals surface area contributed by atoms with E-state index >= 15 is 0 Å². The molecule has 0 saturated carbocycles. The topological polar surface area (TPSA) is 94.1 Å². The molecule has 1 aromatic carbocycles. The molecule has 0 spiro atoms. The summed E-state index contributed by atoms with van der Waals surface area (Å²) in [6, 6.07) is 8.27. The molecular formula is C13H13FN4O2. The van der Waals surface area contributed by atoms with E-state index < -0.39 is 4.92 Å². The summed E-state index contributed by atoms with van der Waals surface area (Å²) in [6.45, 7) is 1.84. The first kappa shape index (κ1) is 13.7. The number of pyridine rings is 1. The molecule has 1 atom stereocenters. The summed E-state index contributed by atoms with van der Waals surface area (Å²) in [6.07, 6.45) is 0. The second kappa shape index (κ2) is 5.52. The fraction of sp³-hybridized carbons (Fsp3) is 0.154. The minimum absolute atomic E-state index is 0.0630. The first-order valence-corrected chi connectivity index (χ1v) is 5.89. The van der Waals surface area contributed by atoms with Gasteiger partial charge >= 0.3 is 0 Å². The smallest absolute Gasteiger partial charge is 0.276 e. The molecule has 2 aromatic rings. The zero-order chi connectivity index (χ0) is 14.7. The van der Waals surface area contributed by atoms with E-state index in [0.717, 1.165) is 5.56 Å². The molecule has 0 aliphatic rings. The maximum absolute atomic E-state index is 12.8. The zero-order valence-corrected chi connectivity index (χ0v) is 10.7. The molecule has 0 radical (unpaired) electrons. The lowest BCUT2D eigenvalue weighted by Gasteiger charge is -2.15. The molecule has 2 rings (SSSR count). The number of benzene rings is 1. The predicted molar refractivity (Wildman–Crippen MR) is 73.7 cm³/mol. The minimum atomic E-state index is -0.536. The van der Waals surface area contributed by atoms with Crippen LogP contribution in [0.15, 0.2) is 36.4 Å². The number of nitrogens with two attached hydrogens (primary N) is 1. The van der Waals surface area contributed by atoms with Crippen LogP contribution in [-0.2, 0) is 0 Å². The average Bonchev–Trinajstić information content (AvgIpc) is 2.38. The van der Waals surface area contributed by atoms with Crippen LogP contribution in [0.25, 0.3) is 0 Å². The van der Waals surface area contributed by atoms with Gasteiger partial charge in [0.15, 0.2) is 0 Å². The van der Waals surface area contributed by atoms with Gasteiger partial charge in [0.1, 0.15) is 17.5 Å². The number of aromatic nitrogens is 1. The highest BCUT2D eigenvalue weighted by atomic mass is 19.1. The Morgan fingerprint density at radius 2 is 2.00 bits per heavy atom. The van der Waals surface area contributed by atoms with Crippen LogP contribution in [0.3, 0.4) is 0 Å². The predicted octanol–water partition coefficient (Wildman–Crippen LogP) is 2.88. The van der Waals surface area contributed by atoms with Crippen LogP contribution in [0, 0.1) is 15.9 Å². The van der Waals surface area contributed by atoms with Gasteiger partial charge in [-0.1, -0.05) is 12.1 Å². The number of anilines is 2. The van der Waals surface area contributed by atoms with E-state index in [1.807, 2.05) is 6.92 Å². The van der Waals surface area contributed by atoms with Crippen LogP contribution >= 0.6 is 0 Å². The molecule has 0 bridgehead atoms. The van der Waals surface area contributed by atoms with Crippen LogP contribution in [0.5, 0.6) is 0 Å². The fourth-order valence-electron chi connectivity index (χ4n) is 1.77. The molecular weight excluding hydrogens is 263 g/mol. The molecule has 0 aliphatic heterocycles. The number of nitro groups is 1. The number of nitrogens with one attached hydrogen (secondary N) is 1. The number of halogens is 1. The third-order valence-electron chi connectivity index (χ3n) is 2.78. The summed E-state index contributed by atoms with van der Waals surface area (Å²) < 4.78 is 12.8. The molecule has 0 amide bonds. The van der Waals surface area contributed by atoms with Gasteiger partial charge in [0.2, 0.25) is 0 Å². The van der Waals surface area contributed by atoms with E-state index in [1.165, 1.54) is 24.3 Å². The molecule has 0 saturated heterocycles. The molecule has 1 aromatic heterocycles. The number of hydrogen-bond acceptors (Lipinski definition) is 5. The molecule has 0 aliphatic carbocycles. The summed E-state index contributed by atoms with van der Waals surface area (Å²) in [4.78, 5) is 14.2. The second-order valence-electron chi connectivity index (χ2n) is 4.31. The molecule has 7 heteroatoms. The van der Waals surface area contributed by atoms with Gasteiger partial charge in [0.05, 0.1) is 17.1 Å². The normalized spacial score (nSPS) is 11.9. The van der Waals surface area contributed by atoms with E-state index in [2.05, 4.69) is 10.3 Å². The highest BCUT2D eigenvalue weighted by molar-refractivity contribution is 5.53. The third kappa shape index (κ3) is 3.19. The van der Waals surface area contributed by atoms with Crippen LogP contribution in [0.1, 0.15) is 18.5 Å². The zero-order valence-electron chi connectivity index (χ0n) is 10.7. The third-order valence-corrected chi connectivity index (χ3v) is 2.78. The van der Waals surface area contributed by atoms with Crippen LogP contribution in [0.4, 0.5) is 21.7 Å². The van der Waals surface area contributed by atoms with Crippen molar-refractivity contribution in [1.29, 1.82) is 0 Å². The van der Waals surface area contributed by atoms with Gasteiger partial charge in [-0.2, -0.15) is 0 Å². The molecule has 0 fully saturated rings. The number of rotatable bonds is 4. The van der Waals surface area contributed by atoms with Gasteiger partial charge in [-0.25, -0.2) is 9.37 Å². The Labute approximate surface area is 114 Å². The highest BCUT2D eigenvalue weighted by Gasteiger charge is 2.12. The summed E-state index contributed by atoms with van der Waals surface area (Å²) in [5, 5.41) is 13.7. The summed E-state index contributed by atoms with van der Waals surface area (Å²) in [5.74, 6) is 0.0419. The van der Waals surface area contributed by atoms with Crippen LogP contribution < -0.4 is 11.1 Å². The van der Waals surface area contributed by atoms with E-state index in [1.54, 1.807) is 12.1 Å². The first-order chi connectivity index (χ1) is 9.45. The average molecular weight is 276 g/mol. The Hall–Kier alpha value is -2.70. The summed E-state index contributed by atoms with van der Waals surface area (Å²) >= 11 is 0. The van der Waals surface area contributed by atoms with Crippen molar-refractivity contribution in [3.63, 3.8) is 0 Å². The lowest BCUT2D eigenvalue weighted by Crippen LogP contribution is -2.09. The van der Waals surface area contributed by atoms with Crippen LogP contribution in [0.2, 0.25) is 0 Å². The molecule has 104 valence electrons. The monoisotopic (exact) mass is 276 g/mol. The van der Waals surface area contributed by atoms with E-state index in [-0.39, 0.29) is 23.4 Å². The van der Waals surface area contributed by atoms with Gasteiger partial charge < -0.3 is 11.1 Å². The van der Waals surface area contributed by atoms with E-state index in [4.69, 9.17) is 5.73 Å². The van der Waals surface area contributed by atoms with Gasteiger partial charge in [-0.3, -0.25) is 10.1 Å². The van der Waals surface area contributed by atoms with Crippen LogP contribution in [-0.4, -0.2) is 9.91 Å². The highest BCUT2D eigenvalue weighted by Crippen LogP contribution is 2.23. The van der Waals surface area contributed by atoms with Gasteiger partial charge in [-0.05, 0) is 24.6 Å².